The highest BCUT2D eigenvalue weighted by atomic mass is 16.7. The highest BCUT2D eigenvalue weighted by molar-refractivity contribution is 4.93. The first-order valence-corrected chi connectivity index (χ1v) is 14.0. The largest absolute Gasteiger partial charge is 0.394 e. The normalized spacial score (nSPS) is 32.7. The Morgan fingerprint density at radius 2 is 1.00 bits per heavy atom. The summed E-state index contributed by atoms with van der Waals surface area (Å²) in [6.45, 7) is 0.857. The van der Waals surface area contributed by atoms with Crippen molar-refractivity contribution >= 4 is 0 Å². The van der Waals surface area contributed by atoms with E-state index in [1.807, 2.05) is 0 Å². The van der Waals surface area contributed by atoms with Gasteiger partial charge in [0.2, 0.25) is 0 Å². The molecule has 0 aromatic carbocycles. The van der Waals surface area contributed by atoms with Crippen LogP contribution in [0.3, 0.4) is 0 Å². The quantitative estimate of drug-likeness (QED) is 0.0751. The summed E-state index contributed by atoms with van der Waals surface area (Å²) in [5.41, 5.74) is 0.865. The van der Waals surface area contributed by atoms with E-state index in [0.717, 1.165) is 0 Å². The van der Waals surface area contributed by atoms with Crippen molar-refractivity contribution in [1.29, 1.82) is 0 Å². The van der Waals surface area contributed by atoms with Crippen molar-refractivity contribution in [2.75, 3.05) is 39.6 Å². The van der Waals surface area contributed by atoms with Crippen molar-refractivity contribution in [1.82, 2.24) is 30.0 Å². The zero-order valence-electron chi connectivity index (χ0n) is 23.7. The van der Waals surface area contributed by atoms with E-state index < -0.39 is 74.6 Å². The molecule has 10 atom stereocenters. The number of rotatable bonds is 17. The molecule has 2 aliphatic rings. The van der Waals surface area contributed by atoms with Gasteiger partial charge in [0, 0.05) is 0 Å². The van der Waals surface area contributed by atoms with Gasteiger partial charge in [0.1, 0.15) is 60.2 Å². The molecule has 0 saturated carbocycles. The maximum atomic E-state index is 10.0. The molecular formula is C24H40N6O14. The monoisotopic (exact) mass is 636 g/mol. The first kappa shape index (κ1) is 34.6. The van der Waals surface area contributed by atoms with Crippen LogP contribution in [0.5, 0.6) is 0 Å². The van der Waals surface area contributed by atoms with Crippen LogP contribution in [0, 0.1) is 0 Å². The summed E-state index contributed by atoms with van der Waals surface area (Å²) in [5, 5.41) is 93.7. The first-order chi connectivity index (χ1) is 21.2. The fourth-order valence-electron chi connectivity index (χ4n) is 4.41. The van der Waals surface area contributed by atoms with E-state index >= 15 is 0 Å². The third kappa shape index (κ3) is 9.14. The lowest BCUT2D eigenvalue weighted by Gasteiger charge is -2.39. The second-order valence-corrected chi connectivity index (χ2v) is 10.2. The van der Waals surface area contributed by atoms with Gasteiger partial charge in [-0.25, -0.2) is 9.36 Å². The number of aromatic nitrogens is 6. The van der Waals surface area contributed by atoms with Gasteiger partial charge in [-0.15, -0.1) is 10.2 Å². The van der Waals surface area contributed by atoms with Gasteiger partial charge in [-0.3, -0.25) is 0 Å². The van der Waals surface area contributed by atoms with Gasteiger partial charge >= 0.3 is 0 Å². The van der Waals surface area contributed by atoms with Crippen LogP contribution in [-0.2, 0) is 54.7 Å². The minimum absolute atomic E-state index is 0.0874. The Kier molecular flexibility index (Phi) is 13.3. The zero-order valence-corrected chi connectivity index (χ0v) is 23.7. The molecule has 2 aromatic rings. The Hall–Kier alpha value is -2.28. The molecule has 2 saturated heterocycles. The predicted octanol–water partition coefficient (Wildman–Crippen LogP) is -5.76. The summed E-state index contributed by atoms with van der Waals surface area (Å²) < 4.78 is 35.6. The number of aliphatic hydroxyl groups excluding tert-OH is 8. The molecule has 2 fully saturated rings. The van der Waals surface area contributed by atoms with Crippen molar-refractivity contribution < 1.29 is 69.3 Å². The third-order valence-corrected chi connectivity index (χ3v) is 6.96. The van der Waals surface area contributed by atoms with Crippen molar-refractivity contribution in [3.63, 3.8) is 0 Å². The molecule has 4 heterocycles. The van der Waals surface area contributed by atoms with Gasteiger partial charge in [-0.1, -0.05) is 10.4 Å². The highest BCUT2D eigenvalue weighted by Crippen LogP contribution is 2.23. The van der Waals surface area contributed by atoms with Crippen molar-refractivity contribution in [3.05, 3.63) is 23.8 Å². The van der Waals surface area contributed by atoms with Crippen LogP contribution in [0.25, 0.3) is 0 Å². The third-order valence-electron chi connectivity index (χ3n) is 6.96. The Morgan fingerprint density at radius 1 is 0.591 bits per heavy atom. The standard InChI is InChI=1S/C24H40N6O14/c31-9-15-17(33)19(35)21(37)23(43-15)41-11-13-7-29(27-25-13)1-3-39-5-6-40-4-2-30-8-14(26-28-30)12-42-24-22(38)20(36)18(34)16(10-32)44-24/h7-8,15-24,31-38H,1-6,9-12H2/t15-,16-,17-,18-,19+,20+,21+,22+,23+,24+/m1/s1. The lowest BCUT2D eigenvalue weighted by atomic mass is 9.99. The molecule has 0 unspecified atom stereocenters. The van der Waals surface area contributed by atoms with Gasteiger partial charge in [0.25, 0.3) is 0 Å². The molecule has 0 bridgehead atoms. The highest BCUT2D eigenvalue weighted by Gasteiger charge is 2.45. The van der Waals surface area contributed by atoms with Gasteiger partial charge in [0.15, 0.2) is 12.6 Å². The van der Waals surface area contributed by atoms with E-state index in [2.05, 4.69) is 20.6 Å². The molecule has 0 spiro atoms. The average molecular weight is 637 g/mol. The fraction of sp³-hybridized carbons (Fsp3) is 0.833. The van der Waals surface area contributed by atoms with Crippen LogP contribution in [0.2, 0.25) is 0 Å². The first-order valence-electron chi connectivity index (χ1n) is 14.0. The summed E-state index contributed by atoms with van der Waals surface area (Å²) in [7, 11) is 0. The number of nitrogens with zero attached hydrogens (tertiary/aromatic N) is 6. The maximum Gasteiger partial charge on any atom is 0.187 e. The summed E-state index contributed by atoms with van der Waals surface area (Å²) in [6.07, 6.45) is -10.4. The van der Waals surface area contributed by atoms with Crippen LogP contribution in [0.15, 0.2) is 12.4 Å². The number of aliphatic hydroxyl groups is 8. The van der Waals surface area contributed by atoms with Crippen molar-refractivity contribution in [2.24, 2.45) is 0 Å². The van der Waals surface area contributed by atoms with E-state index in [9.17, 15) is 40.9 Å². The predicted molar refractivity (Wildman–Crippen MR) is 139 cm³/mol. The van der Waals surface area contributed by atoms with Crippen molar-refractivity contribution in [3.8, 4) is 0 Å². The van der Waals surface area contributed by atoms with Crippen LogP contribution in [0.1, 0.15) is 11.4 Å². The Bertz CT molecular complexity index is 1020. The molecule has 20 nitrogen and oxygen atoms in total. The molecule has 0 aliphatic carbocycles. The van der Waals surface area contributed by atoms with Crippen LogP contribution < -0.4 is 0 Å². The van der Waals surface area contributed by atoms with E-state index in [1.54, 1.807) is 12.4 Å². The average Bonchev–Trinajstić information content (AvgIpc) is 3.68. The molecule has 0 radical (unpaired) electrons. The molecule has 44 heavy (non-hydrogen) atoms. The Labute approximate surface area is 250 Å². The second kappa shape index (κ2) is 16.9. The van der Waals surface area contributed by atoms with Gasteiger partial charge in [-0.2, -0.15) is 0 Å². The summed E-state index contributed by atoms with van der Waals surface area (Å²) in [6, 6.07) is 0. The van der Waals surface area contributed by atoms with Crippen molar-refractivity contribution in [2.45, 2.75) is 87.7 Å². The fourth-order valence-corrected chi connectivity index (χ4v) is 4.41. The number of hydrogen-bond donors (Lipinski definition) is 8. The van der Waals surface area contributed by atoms with E-state index in [0.29, 0.717) is 50.9 Å². The van der Waals surface area contributed by atoms with Crippen LogP contribution in [0.4, 0.5) is 0 Å². The summed E-state index contributed by atoms with van der Waals surface area (Å²) in [4.78, 5) is 0. The minimum Gasteiger partial charge on any atom is -0.394 e. The van der Waals surface area contributed by atoms with E-state index in [1.165, 1.54) is 9.36 Å². The Balaban J connectivity index is 1.04. The molecule has 4 rings (SSSR count). The van der Waals surface area contributed by atoms with Gasteiger partial charge in [0.05, 0.1) is 78.3 Å². The van der Waals surface area contributed by atoms with Gasteiger partial charge < -0.3 is 69.3 Å². The van der Waals surface area contributed by atoms with E-state index in [4.69, 9.17) is 28.4 Å². The minimum atomic E-state index is -1.53. The zero-order chi connectivity index (χ0) is 31.6. The van der Waals surface area contributed by atoms with Crippen LogP contribution in [-0.4, -0.2) is 172 Å². The molecule has 8 N–H and O–H groups in total. The SMILES string of the molecule is OC[C@H]1O[C@H](OCc2cn(CCOCCOCCn3cc(CO[C@H]4O[C@H](CO)[C@@H](O)[C@H](O)[C@@H]4O)nn3)nn2)[C@@H](O)[C@@H](O)[C@@H]1O. The number of ether oxygens (including phenoxy) is 6. The number of hydrogen-bond acceptors (Lipinski definition) is 18. The maximum absolute atomic E-state index is 10.0. The van der Waals surface area contributed by atoms with E-state index in [-0.39, 0.29) is 13.2 Å². The topological polar surface area (TPSA) is 279 Å². The smallest absolute Gasteiger partial charge is 0.187 e. The summed E-state index contributed by atoms with van der Waals surface area (Å²) in [5.74, 6) is 0. The molecule has 250 valence electrons. The second-order valence-electron chi connectivity index (χ2n) is 10.2. The van der Waals surface area contributed by atoms with Crippen LogP contribution >= 0.6 is 0 Å². The molecular weight excluding hydrogens is 596 g/mol. The molecule has 2 aliphatic heterocycles. The lowest BCUT2D eigenvalue weighted by molar-refractivity contribution is -0.304. The summed E-state index contributed by atoms with van der Waals surface area (Å²) >= 11 is 0. The lowest BCUT2D eigenvalue weighted by Crippen LogP contribution is -2.59. The Morgan fingerprint density at radius 3 is 1.39 bits per heavy atom. The van der Waals surface area contributed by atoms with Gasteiger partial charge in [-0.05, 0) is 0 Å². The molecule has 20 heteroatoms. The molecule has 0 amide bonds. The molecule has 2 aromatic heterocycles.